The van der Waals surface area contributed by atoms with E-state index in [2.05, 4.69) is 30.3 Å². The fraction of sp³-hybridized carbons (Fsp3) is 0.148. The second kappa shape index (κ2) is 9.35. The van der Waals surface area contributed by atoms with Crippen molar-refractivity contribution in [3.05, 3.63) is 108 Å². The zero-order valence-corrected chi connectivity index (χ0v) is 17.6. The highest BCUT2D eigenvalue weighted by atomic mass is 16.5. The number of nitrogens with zero attached hydrogens (tertiary/aromatic N) is 1. The largest absolute Gasteiger partial charge is 0.487 e. The molecule has 2 N–H and O–H groups in total. The van der Waals surface area contributed by atoms with Crippen molar-refractivity contribution in [3.63, 3.8) is 0 Å². The molecule has 0 unspecified atom stereocenters. The van der Waals surface area contributed by atoms with Crippen molar-refractivity contribution in [2.75, 3.05) is 12.3 Å². The van der Waals surface area contributed by atoms with Gasteiger partial charge in [0.05, 0.1) is 5.69 Å². The minimum atomic E-state index is -0.0415. The molecule has 0 fully saturated rings. The number of amides is 1. The van der Waals surface area contributed by atoms with Gasteiger partial charge in [-0.1, -0.05) is 66.7 Å². The van der Waals surface area contributed by atoms with E-state index in [4.69, 9.17) is 10.5 Å². The van der Waals surface area contributed by atoms with Crippen molar-refractivity contribution in [3.8, 4) is 5.75 Å². The van der Waals surface area contributed by atoms with Crippen LogP contribution in [0.2, 0.25) is 0 Å². The third-order valence-corrected chi connectivity index (χ3v) is 5.35. The second-order valence-corrected chi connectivity index (χ2v) is 7.53. The van der Waals surface area contributed by atoms with Gasteiger partial charge in [-0.25, -0.2) is 0 Å². The maximum absolute atomic E-state index is 13.2. The molecule has 4 aromatic rings. The van der Waals surface area contributed by atoms with Gasteiger partial charge in [0.25, 0.3) is 5.91 Å². The topological polar surface area (TPSA) is 55.6 Å². The van der Waals surface area contributed by atoms with Crippen LogP contribution in [0.1, 0.15) is 28.4 Å². The molecule has 0 saturated carbocycles. The normalized spacial score (nSPS) is 10.7. The lowest BCUT2D eigenvalue weighted by atomic mass is 10.1. The smallest absolute Gasteiger partial charge is 0.254 e. The number of rotatable bonds is 7. The first-order valence-corrected chi connectivity index (χ1v) is 10.5. The Balaban J connectivity index is 1.50. The highest BCUT2D eigenvalue weighted by Gasteiger charge is 2.17. The van der Waals surface area contributed by atoms with Gasteiger partial charge in [0.15, 0.2) is 0 Å². The summed E-state index contributed by atoms with van der Waals surface area (Å²) in [7, 11) is 0. The van der Waals surface area contributed by atoms with Crippen LogP contribution in [0.4, 0.5) is 5.69 Å². The Morgan fingerprint density at radius 1 is 0.839 bits per heavy atom. The molecule has 0 aliphatic heterocycles. The summed E-state index contributed by atoms with van der Waals surface area (Å²) in [6, 6.07) is 29.7. The fourth-order valence-corrected chi connectivity index (χ4v) is 3.60. The molecule has 0 radical (unpaired) electrons. The molecule has 31 heavy (non-hydrogen) atoms. The van der Waals surface area contributed by atoms with Gasteiger partial charge in [0, 0.05) is 18.7 Å². The van der Waals surface area contributed by atoms with E-state index in [9.17, 15) is 4.79 Å². The molecule has 0 heterocycles. The van der Waals surface area contributed by atoms with Gasteiger partial charge in [-0.15, -0.1) is 0 Å². The highest BCUT2D eigenvalue weighted by molar-refractivity contribution is 5.95. The maximum atomic E-state index is 13.2. The Morgan fingerprint density at radius 3 is 2.35 bits per heavy atom. The zero-order valence-electron chi connectivity index (χ0n) is 17.6. The molecule has 4 rings (SSSR count). The quantitative estimate of drug-likeness (QED) is 0.400. The first-order valence-electron chi connectivity index (χ1n) is 10.5. The number of carbonyl (C=O) groups excluding carboxylic acids is 1. The number of benzene rings is 4. The van der Waals surface area contributed by atoms with Gasteiger partial charge in [0.2, 0.25) is 0 Å². The summed E-state index contributed by atoms with van der Waals surface area (Å²) in [6.45, 7) is 3.54. The number of anilines is 1. The fourth-order valence-electron chi connectivity index (χ4n) is 3.60. The van der Waals surface area contributed by atoms with E-state index in [-0.39, 0.29) is 5.91 Å². The summed E-state index contributed by atoms with van der Waals surface area (Å²) in [5.41, 5.74) is 9.32. The Hall–Kier alpha value is -3.79. The van der Waals surface area contributed by atoms with Crippen molar-refractivity contribution < 1.29 is 9.53 Å². The first kappa shape index (κ1) is 20.5. The average molecular weight is 411 g/mol. The predicted octanol–water partition coefficient (Wildman–Crippen LogP) is 5.66. The van der Waals surface area contributed by atoms with E-state index < -0.39 is 0 Å². The standard InChI is InChI=1S/C27H26N2O2/c1-2-29(18-21-12-13-22-10-6-7-11-23(22)16-21)27(30)24-14-15-25(28)26(17-24)31-19-20-8-4-3-5-9-20/h3-17H,2,18-19,28H2,1H3. The monoisotopic (exact) mass is 410 g/mol. The molecule has 0 atom stereocenters. The van der Waals surface area contributed by atoms with Crippen LogP contribution in [0.25, 0.3) is 10.8 Å². The van der Waals surface area contributed by atoms with Crippen molar-refractivity contribution in [2.45, 2.75) is 20.1 Å². The van der Waals surface area contributed by atoms with Crippen LogP contribution in [0, 0.1) is 0 Å². The Bertz CT molecular complexity index is 1190. The molecule has 4 heteroatoms. The molecule has 4 nitrogen and oxygen atoms in total. The molecule has 1 amide bonds. The molecule has 0 spiro atoms. The Labute approximate surface area is 182 Å². The second-order valence-electron chi connectivity index (χ2n) is 7.53. The first-order chi connectivity index (χ1) is 15.1. The summed E-state index contributed by atoms with van der Waals surface area (Å²) >= 11 is 0. The number of carbonyl (C=O) groups is 1. The van der Waals surface area contributed by atoms with E-state index in [0.717, 1.165) is 11.1 Å². The molecule has 0 aliphatic rings. The van der Waals surface area contributed by atoms with E-state index in [1.807, 2.05) is 54.3 Å². The molecule has 0 bridgehead atoms. The molecule has 156 valence electrons. The van der Waals surface area contributed by atoms with Crippen LogP contribution in [-0.2, 0) is 13.2 Å². The summed E-state index contributed by atoms with van der Waals surface area (Å²) < 4.78 is 5.90. The average Bonchev–Trinajstić information content (AvgIpc) is 2.82. The van der Waals surface area contributed by atoms with Crippen molar-refractivity contribution >= 4 is 22.4 Å². The van der Waals surface area contributed by atoms with E-state index in [1.165, 1.54) is 10.8 Å². The van der Waals surface area contributed by atoms with Gasteiger partial charge >= 0.3 is 0 Å². The summed E-state index contributed by atoms with van der Waals surface area (Å²) in [5, 5.41) is 2.37. The molecule has 0 aromatic heterocycles. The van der Waals surface area contributed by atoms with Crippen LogP contribution in [0.5, 0.6) is 5.75 Å². The SMILES string of the molecule is CCN(Cc1ccc2ccccc2c1)C(=O)c1ccc(N)c(OCc2ccccc2)c1. The number of nitrogens with two attached hydrogens (primary N) is 1. The minimum Gasteiger partial charge on any atom is -0.487 e. The van der Waals surface area contributed by atoms with E-state index in [1.54, 1.807) is 18.2 Å². The molecular formula is C27H26N2O2. The van der Waals surface area contributed by atoms with Crippen LogP contribution in [0.15, 0.2) is 91.0 Å². The number of hydrogen-bond acceptors (Lipinski definition) is 3. The molecular weight excluding hydrogens is 384 g/mol. The molecule has 0 saturated heterocycles. The summed E-state index contributed by atoms with van der Waals surface area (Å²) in [4.78, 5) is 15.0. The van der Waals surface area contributed by atoms with Gasteiger partial charge in [0.1, 0.15) is 12.4 Å². The maximum Gasteiger partial charge on any atom is 0.254 e. The predicted molar refractivity (Wildman–Crippen MR) is 126 cm³/mol. The van der Waals surface area contributed by atoms with Gasteiger partial charge in [-0.2, -0.15) is 0 Å². The number of fused-ring (bicyclic) bond motifs is 1. The third-order valence-electron chi connectivity index (χ3n) is 5.35. The van der Waals surface area contributed by atoms with Crippen molar-refractivity contribution in [1.29, 1.82) is 0 Å². The van der Waals surface area contributed by atoms with Gasteiger partial charge in [-0.3, -0.25) is 4.79 Å². The van der Waals surface area contributed by atoms with E-state index in [0.29, 0.717) is 36.7 Å². The number of ether oxygens (including phenoxy) is 1. The van der Waals surface area contributed by atoms with Crippen molar-refractivity contribution in [1.82, 2.24) is 4.90 Å². The van der Waals surface area contributed by atoms with Crippen LogP contribution in [-0.4, -0.2) is 17.4 Å². The lowest BCUT2D eigenvalue weighted by molar-refractivity contribution is 0.0752. The Morgan fingerprint density at radius 2 is 1.58 bits per heavy atom. The highest BCUT2D eigenvalue weighted by Crippen LogP contribution is 2.25. The lowest BCUT2D eigenvalue weighted by Gasteiger charge is -2.22. The minimum absolute atomic E-state index is 0.0415. The van der Waals surface area contributed by atoms with Crippen LogP contribution in [0.3, 0.4) is 0 Å². The zero-order chi connectivity index (χ0) is 21.6. The Kier molecular flexibility index (Phi) is 6.18. The van der Waals surface area contributed by atoms with Gasteiger partial charge in [-0.05, 0) is 53.1 Å². The number of hydrogen-bond donors (Lipinski definition) is 1. The molecule has 0 aliphatic carbocycles. The van der Waals surface area contributed by atoms with Crippen molar-refractivity contribution in [2.24, 2.45) is 0 Å². The summed E-state index contributed by atoms with van der Waals surface area (Å²) in [5.74, 6) is 0.483. The summed E-state index contributed by atoms with van der Waals surface area (Å²) in [6.07, 6.45) is 0. The van der Waals surface area contributed by atoms with Crippen LogP contribution < -0.4 is 10.5 Å². The van der Waals surface area contributed by atoms with Gasteiger partial charge < -0.3 is 15.4 Å². The number of nitrogen functional groups attached to an aromatic ring is 1. The van der Waals surface area contributed by atoms with Crippen LogP contribution >= 0.6 is 0 Å². The molecule has 4 aromatic carbocycles. The third kappa shape index (κ3) is 4.86. The van der Waals surface area contributed by atoms with E-state index >= 15 is 0 Å². The lowest BCUT2D eigenvalue weighted by Crippen LogP contribution is -2.30.